The second-order valence-electron chi connectivity index (χ2n) is 5.69. The van der Waals surface area contributed by atoms with Crippen molar-refractivity contribution in [2.75, 3.05) is 0 Å². The van der Waals surface area contributed by atoms with E-state index in [2.05, 4.69) is 26.1 Å². The number of rotatable bonds is 2. The summed E-state index contributed by atoms with van der Waals surface area (Å²) in [5.41, 5.74) is 8.13. The molecule has 0 aliphatic rings. The van der Waals surface area contributed by atoms with Crippen LogP contribution in [0, 0.1) is 6.92 Å². The molecule has 1 heterocycles. The predicted octanol–water partition coefficient (Wildman–Crippen LogP) is 3.49. The quantitative estimate of drug-likeness (QED) is 0.918. The SMILES string of the molecule is Cc1cc(C(N)c2noc(C(C)(C)C)n2)ccc1Br. The Morgan fingerprint density at radius 2 is 2.00 bits per heavy atom. The molecular weight excluding hydrogens is 306 g/mol. The van der Waals surface area contributed by atoms with Gasteiger partial charge in [-0.1, -0.05) is 54.0 Å². The van der Waals surface area contributed by atoms with E-state index in [0.717, 1.165) is 15.6 Å². The van der Waals surface area contributed by atoms with E-state index < -0.39 is 0 Å². The molecule has 1 atom stereocenters. The van der Waals surface area contributed by atoms with Gasteiger partial charge in [0.1, 0.15) is 0 Å². The molecular formula is C14H18BrN3O. The molecule has 0 aliphatic carbocycles. The van der Waals surface area contributed by atoms with E-state index in [-0.39, 0.29) is 11.5 Å². The van der Waals surface area contributed by atoms with Gasteiger partial charge in [-0.15, -0.1) is 0 Å². The molecule has 2 aromatic rings. The summed E-state index contributed by atoms with van der Waals surface area (Å²) >= 11 is 3.47. The lowest BCUT2D eigenvalue weighted by Crippen LogP contribution is -2.15. The van der Waals surface area contributed by atoms with Gasteiger partial charge in [-0.2, -0.15) is 4.98 Å². The van der Waals surface area contributed by atoms with Crippen LogP contribution < -0.4 is 5.73 Å². The van der Waals surface area contributed by atoms with Crippen molar-refractivity contribution < 1.29 is 4.52 Å². The number of nitrogens with two attached hydrogens (primary N) is 1. The first-order valence-electron chi connectivity index (χ1n) is 6.15. The Bertz CT molecular complexity index is 587. The van der Waals surface area contributed by atoms with Crippen molar-refractivity contribution in [3.63, 3.8) is 0 Å². The topological polar surface area (TPSA) is 64.9 Å². The first-order chi connectivity index (χ1) is 8.79. The zero-order valence-corrected chi connectivity index (χ0v) is 13.2. The van der Waals surface area contributed by atoms with Crippen molar-refractivity contribution in [3.05, 3.63) is 45.5 Å². The largest absolute Gasteiger partial charge is 0.339 e. The fourth-order valence-corrected chi connectivity index (χ4v) is 1.92. The van der Waals surface area contributed by atoms with Crippen LogP contribution in [0.5, 0.6) is 0 Å². The van der Waals surface area contributed by atoms with Gasteiger partial charge in [0.25, 0.3) is 0 Å². The number of nitrogens with zero attached hydrogens (tertiary/aromatic N) is 2. The first kappa shape index (κ1) is 14.2. The van der Waals surface area contributed by atoms with Crippen LogP contribution in [-0.4, -0.2) is 10.1 Å². The van der Waals surface area contributed by atoms with E-state index >= 15 is 0 Å². The molecule has 2 rings (SSSR count). The lowest BCUT2D eigenvalue weighted by Gasteiger charge is -2.11. The molecule has 2 N–H and O–H groups in total. The number of aryl methyl sites for hydroxylation is 1. The van der Waals surface area contributed by atoms with Gasteiger partial charge < -0.3 is 10.3 Å². The summed E-state index contributed by atoms with van der Waals surface area (Å²) in [6, 6.07) is 5.61. The van der Waals surface area contributed by atoms with Gasteiger partial charge in [0.15, 0.2) is 5.82 Å². The maximum atomic E-state index is 6.19. The zero-order valence-electron chi connectivity index (χ0n) is 11.6. The number of aromatic nitrogens is 2. The highest BCUT2D eigenvalue weighted by atomic mass is 79.9. The Morgan fingerprint density at radius 3 is 2.53 bits per heavy atom. The Kier molecular flexibility index (Phi) is 3.78. The van der Waals surface area contributed by atoms with Gasteiger partial charge in [-0.05, 0) is 24.1 Å². The normalized spacial score (nSPS) is 13.6. The summed E-state index contributed by atoms with van der Waals surface area (Å²) in [6.45, 7) is 8.11. The van der Waals surface area contributed by atoms with Gasteiger partial charge in [-0.25, -0.2) is 0 Å². The van der Waals surface area contributed by atoms with Crippen LogP contribution in [0.1, 0.15) is 49.7 Å². The van der Waals surface area contributed by atoms with Crippen LogP contribution >= 0.6 is 15.9 Å². The molecule has 1 aromatic heterocycles. The van der Waals surface area contributed by atoms with Crippen LogP contribution in [0.25, 0.3) is 0 Å². The Labute approximate surface area is 121 Å². The van der Waals surface area contributed by atoms with Crippen molar-refractivity contribution in [2.45, 2.75) is 39.2 Å². The van der Waals surface area contributed by atoms with Crippen LogP contribution in [0.3, 0.4) is 0 Å². The van der Waals surface area contributed by atoms with Gasteiger partial charge in [0.05, 0.1) is 6.04 Å². The second kappa shape index (κ2) is 5.06. The fraction of sp³-hybridized carbons (Fsp3) is 0.429. The average molecular weight is 324 g/mol. The highest BCUT2D eigenvalue weighted by molar-refractivity contribution is 9.10. The summed E-state index contributed by atoms with van der Waals surface area (Å²) in [5.74, 6) is 1.12. The summed E-state index contributed by atoms with van der Waals surface area (Å²) < 4.78 is 6.34. The number of benzene rings is 1. The number of hydrogen-bond donors (Lipinski definition) is 1. The molecule has 0 fully saturated rings. The monoisotopic (exact) mass is 323 g/mol. The molecule has 4 nitrogen and oxygen atoms in total. The van der Waals surface area contributed by atoms with Gasteiger partial charge in [-0.3, -0.25) is 0 Å². The van der Waals surface area contributed by atoms with E-state index in [0.29, 0.717) is 11.7 Å². The smallest absolute Gasteiger partial charge is 0.232 e. The number of hydrogen-bond acceptors (Lipinski definition) is 4. The Hall–Kier alpha value is -1.20. The maximum absolute atomic E-state index is 6.19. The van der Waals surface area contributed by atoms with E-state index in [4.69, 9.17) is 10.3 Å². The van der Waals surface area contributed by atoms with Crippen LogP contribution in [-0.2, 0) is 5.41 Å². The third kappa shape index (κ3) is 3.04. The van der Waals surface area contributed by atoms with Gasteiger partial charge in [0.2, 0.25) is 5.89 Å². The van der Waals surface area contributed by atoms with Crippen LogP contribution in [0.4, 0.5) is 0 Å². The van der Waals surface area contributed by atoms with Crippen molar-refractivity contribution >= 4 is 15.9 Å². The predicted molar refractivity (Wildman–Crippen MR) is 77.9 cm³/mol. The molecule has 0 aliphatic heterocycles. The van der Waals surface area contributed by atoms with Gasteiger partial charge >= 0.3 is 0 Å². The molecule has 1 aromatic carbocycles. The standard InChI is InChI=1S/C14H18BrN3O/c1-8-7-9(5-6-10(8)15)11(16)12-17-13(19-18-12)14(2,3)4/h5-7,11H,16H2,1-4H3. The second-order valence-corrected chi connectivity index (χ2v) is 6.55. The summed E-state index contributed by atoms with van der Waals surface area (Å²) in [7, 11) is 0. The van der Waals surface area contributed by atoms with Crippen LogP contribution in [0.2, 0.25) is 0 Å². The van der Waals surface area contributed by atoms with E-state index in [1.165, 1.54) is 0 Å². The molecule has 0 spiro atoms. The molecule has 0 radical (unpaired) electrons. The van der Waals surface area contributed by atoms with E-state index in [1.807, 2.05) is 45.9 Å². The minimum atomic E-state index is -0.369. The lowest BCUT2D eigenvalue weighted by molar-refractivity contribution is 0.317. The van der Waals surface area contributed by atoms with Crippen molar-refractivity contribution in [2.24, 2.45) is 5.73 Å². The van der Waals surface area contributed by atoms with Crippen molar-refractivity contribution in [1.82, 2.24) is 10.1 Å². The molecule has 0 saturated heterocycles. The zero-order chi connectivity index (χ0) is 14.2. The van der Waals surface area contributed by atoms with E-state index in [1.54, 1.807) is 0 Å². The maximum Gasteiger partial charge on any atom is 0.232 e. The Balaban J connectivity index is 2.31. The Morgan fingerprint density at radius 1 is 1.32 bits per heavy atom. The van der Waals surface area contributed by atoms with E-state index in [9.17, 15) is 0 Å². The summed E-state index contributed by atoms with van der Waals surface area (Å²) in [4.78, 5) is 4.40. The third-order valence-electron chi connectivity index (χ3n) is 2.90. The molecule has 102 valence electrons. The molecule has 1 unspecified atom stereocenters. The van der Waals surface area contributed by atoms with Crippen LogP contribution in [0.15, 0.2) is 27.2 Å². The lowest BCUT2D eigenvalue weighted by atomic mass is 9.97. The molecule has 0 amide bonds. The number of halogens is 1. The molecule has 5 heteroatoms. The molecule has 0 bridgehead atoms. The molecule has 0 saturated carbocycles. The minimum Gasteiger partial charge on any atom is -0.339 e. The first-order valence-corrected chi connectivity index (χ1v) is 6.94. The van der Waals surface area contributed by atoms with Crippen molar-refractivity contribution in [3.8, 4) is 0 Å². The highest BCUT2D eigenvalue weighted by Gasteiger charge is 2.24. The van der Waals surface area contributed by atoms with Gasteiger partial charge in [0, 0.05) is 9.89 Å². The summed E-state index contributed by atoms with van der Waals surface area (Å²) in [6.07, 6.45) is 0. The average Bonchev–Trinajstić information content (AvgIpc) is 2.81. The minimum absolute atomic E-state index is 0.166. The highest BCUT2D eigenvalue weighted by Crippen LogP contribution is 2.25. The third-order valence-corrected chi connectivity index (χ3v) is 3.79. The fourth-order valence-electron chi connectivity index (χ4n) is 1.68. The molecule has 19 heavy (non-hydrogen) atoms. The van der Waals surface area contributed by atoms with Crippen molar-refractivity contribution in [1.29, 1.82) is 0 Å². The summed E-state index contributed by atoms with van der Waals surface area (Å²) in [5, 5.41) is 3.99.